The molecule has 2 heterocycles. The van der Waals surface area contributed by atoms with Gasteiger partial charge in [0.2, 0.25) is 0 Å². The number of nitrogens with zero attached hydrogens (tertiary/aromatic N) is 2. The second kappa shape index (κ2) is 12.7. The molecule has 2 amide bonds. The van der Waals surface area contributed by atoms with Crippen LogP contribution in [0.1, 0.15) is 32.7 Å². The zero-order chi connectivity index (χ0) is 29.7. The predicted molar refractivity (Wildman–Crippen MR) is 143 cm³/mol. The van der Waals surface area contributed by atoms with Crippen LogP contribution in [0.2, 0.25) is 5.02 Å². The van der Waals surface area contributed by atoms with Crippen LogP contribution in [0.25, 0.3) is 0 Å². The summed E-state index contributed by atoms with van der Waals surface area (Å²) in [5.41, 5.74) is -0.936. The standard InChI is InChI=1S/C27H25ClF5N5O3/c28-17-4-6-20(21(14-17)38-12-10-37(11-13-38)9-7-27(31,32)33)36-26(41)18-5-3-16(22(29)23(18)30)15-35-25(40)19-2-1-8-34-24(19)39/h1-6,8,14H,7,9-13,15H2,(H,34,39)(H,35,40)(H,36,41). The summed E-state index contributed by atoms with van der Waals surface area (Å²) < 4.78 is 67.4. The Hall–Kier alpha value is -3.97. The van der Waals surface area contributed by atoms with Gasteiger partial charge in [-0.25, -0.2) is 8.78 Å². The first-order chi connectivity index (χ1) is 19.4. The molecule has 3 N–H and O–H groups in total. The quantitative estimate of drug-likeness (QED) is 0.331. The first-order valence-corrected chi connectivity index (χ1v) is 12.9. The number of nitrogens with one attached hydrogen (secondary N) is 3. The summed E-state index contributed by atoms with van der Waals surface area (Å²) in [5.74, 6) is -4.50. The lowest BCUT2D eigenvalue weighted by Crippen LogP contribution is -2.47. The summed E-state index contributed by atoms with van der Waals surface area (Å²) in [6.07, 6.45) is -3.82. The number of hydrogen-bond acceptors (Lipinski definition) is 5. The SMILES string of the molecule is O=C(Nc1ccc(Cl)cc1N1CCN(CCC(F)(F)F)CC1)c1ccc(CNC(=O)c2ccc[nH]c2=O)c(F)c1F. The van der Waals surface area contributed by atoms with E-state index in [1.807, 2.05) is 4.90 Å². The van der Waals surface area contributed by atoms with Crippen molar-refractivity contribution in [1.29, 1.82) is 0 Å². The Morgan fingerprint density at radius 3 is 2.37 bits per heavy atom. The smallest absolute Gasteiger partial charge is 0.367 e. The summed E-state index contributed by atoms with van der Waals surface area (Å²) in [6, 6.07) is 9.50. The summed E-state index contributed by atoms with van der Waals surface area (Å²) in [4.78, 5) is 42.8. The van der Waals surface area contributed by atoms with Crippen LogP contribution in [0.3, 0.4) is 0 Å². The molecule has 41 heavy (non-hydrogen) atoms. The van der Waals surface area contributed by atoms with Crippen LogP contribution in [-0.4, -0.2) is 60.6 Å². The number of H-pyrrole nitrogens is 1. The number of rotatable bonds is 8. The normalized spacial score (nSPS) is 14.1. The molecule has 0 atom stereocenters. The third-order valence-corrected chi connectivity index (χ3v) is 6.78. The molecule has 1 fully saturated rings. The minimum Gasteiger partial charge on any atom is -0.367 e. The maximum atomic E-state index is 14.9. The Labute approximate surface area is 236 Å². The van der Waals surface area contributed by atoms with E-state index in [4.69, 9.17) is 11.6 Å². The number of alkyl halides is 3. The molecule has 218 valence electrons. The highest BCUT2D eigenvalue weighted by atomic mass is 35.5. The first kappa shape index (κ1) is 30.0. The van der Waals surface area contributed by atoms with Crippen LogP contribution >= 0.6 is 11.6 Å². The van der Waals surface area contributed by atoms with Gasteiger partial charge >= 0.3 is 6.18 Å². The third-order valence-electron chi connectivity index (χ3n) is 6.54. The van der Waals surface area contributed by atoms with E-state index in [1.165, 1.54) is 30.5 Å². The molecule has 0 bridgehead atoms. The Balaban J connectivity index is 1.43. The number of amides is 2. The van der Waals surface area contributed by atoms with E-state index in [0.29, 0.717) is 36.9 Å². The van der Waals surface area contributed by atoms with Gasteiger partial charge < -0.3 is 20.5 Å². The molecule has 0 unspecified atom stereocenters. The van der Waals surface area contributed by atoms with E-state index in [9.17, 15) is 36.3 Å². The van der Waals surface area contributed by atoms with Crippen molar-refractivity contribution in [3.05, 3.63) is 92.4 Å². The van der Waals surface area contributed by atoms with Gasteiger partial charge in [-0.3, -0.25) is 19.3 Å². The molecule has 14 heteroatoms. The van der Waals surface area contributed by atoms with Gasteiger partial charge in [0.1, 0.15) is 5.56 Å². The van der Waals surface area contributed by atoms with Gasteiger partial charge in [-0.2, -0.15) is 13.2 Å². The van der Waals surface area contributed by atoms with Crippen LogP contribution in [-0.2, 0) is 6.54 Å². The van der Waals surface area contributed by atoms with Crippen LogP contribution in [0.4, 0.5) is 33.3 Å². The number of anilines is 2. The van der Waals surface area contributed by atoms with E-state index in [1.54, 1.807) is 11.0 Å². The monoisotopic (exact) mass is 597 g/mol. The molecule has 0 spiro atoms. The summed E-state index contributed by atoms with van der Waals surface area (Å²) in [5, 5.41) is 5.24. The molecule has 1 aliphatic heterocycles. The van der Waals surface area contributed by atoms with Gasteiger partial charge in [0, 0.05) is 56.1 Å². The molecule has 1 saturated heterocycles. The van der Waals surface area contributed by atoms with E-state index in [0.717, 1.165) is 12.1 Å². The van der Waals surface area contributed by atoms with Gasteiger partial charge in [0.05, 0.1) is 23.4 Å². The Bertz CT molecular complexity index is 1490. The van der Waals surface area contributed by atoms with Crippen LogP contribution in [0.5, 0.6) is 0 Å². The number of piperazine rings is 1. The fraction of sp³-hybridized carbons (Fsp3) is 0.296. The van der Waals surface area contributed by atoms with E-state index < -0.39 is 53.7 Å². The molecule has 1 aromatic heterocycles. The van der Waals surface area contributed by atoms with Crippen LogP contribution in [0, 0.1) is 11.6 Å². The Morgan fingerprint density at radius 2 is 1.68 bits per heavy atom. The fourth-order valence-corrected chi connectivity index (χ4v) is 4.50. The van der Waals surface area contributed by atoms with Crippen molar-refractivity contribution >= 4 is 34.8 Å². The molecular weight excluding hydrogens is 573 g/mol. The largest absolute Gasteiger partial charge is 0.390 e. The number of aromatic nitrogens is 1. The highest BCUT2D eigenvalue weighted by molar-refractivity contribution is 6.31. The summed E-state index contributed by atoms with van der Waals surface area (Å²) in [6.45, 7) is 0.872. The van der Waals surface area contributed by atoms with Crippen molar-refractivity contribution in [2.24, 2.45) is 0 Å². The minimum atomic E-state index is -4.24. The zero-order valence-corrected chi connectivity index (χ0v) is 22.2. The predicted octanol–water partition coefficient (Wildman–Crippen LogP) is 4.56. The van der Waals surface area contributed by atoms with E-state index >= 15 is 0 Å². The number of carbonyl (C=O) groups excluding carboxylic acids is 2. The van der Waals surface area contributed by atoms with Gasteiger partial charge in [0.15, 0.2) is 11.6 Å². The van der Waals surface area contributed by atoms with E-state index in [2.05, 4.69) is 15.6 Å². The fourth-order valence-electron chi connectivity index (χ4n) is 4.33. The van der Waals surface area contributed by atoms with Gasteiger partial charge in [-0.05, 0) is 36.4 Å². The Kier molecular flexibility index (Phi) is 9.28. The van der Waals surface area contributed by atoms with Crippen molar-refractivity contribution in [3.8, 4) is 0 Å². The van der Waals surface area contributed by atoms with Crippen molar-refractivity contribution < 1.29 is 31.5 Å². The second-order valence-electron chi connectivity index (χ2n) is 9.31. The molecule has 0 radical (unpaired) electrons. The summed E-state index contributed by atoms with van der Waals surface area (Å²) >= 11 is 6.15. The van der Waals surface area contributed by atoms with Crippen molar-refractivity contribution in [2.75, 3.05) is 42.9 Å². The van der Waals surface area contributed by atoms with Crippen LogP contribution in [0.15, 0.2) is 53.5 Å². The molecule has 4 rings (SSSR count). The lowest BCUT2D eigenvalue weighted by molar-refractivity contribution is -0.138. The number of halogens is 6. The lowest BCUT2D eigenvalue weighted by atomic mass is 10.1. The average Bonchev–Trinajstić information content (AvgIpc) is 2.93. The Morgan fingerprint density at radius 1 is 0.951 bits per heavy atom. The van der Waals surface area contributed by atoms with Gasteiger partial charge in [-0.1, -0.05) is 17.7 Å². The molecule has 0 saturated carbocycles. The van der Waals surface area contributed by atoms with Crippen molar-refractivity contribution in [3.63, 3.8) is 0 Å². The zero-order valence-electron chi connectivity index (χ0n) is 21.5. The first-order valence-electron chi connectivity index (χ1n) is 12.5. The molecule has 0 aliphatic carbocycles. The number of carbonyl (C=O) groups is 2. The highest BCUT2D eigenvalue weighted by Crippen LogP contribution is 2.31. The molecule has 1 aliphatic rings. The molecule has 8 nitrogen and oxygen atoms in total. The molecule has 2 aromatic carbocycles. The maximum absolute atomic E-state index is 14.9. The van der Waals surface area contributed by atoms with Crippen molar-refractivity contribution in [2.45, 2.75) is 19.1 Å². The van der Waals surface area contributed by atoms with Gasteiger partial charge in [-0.15, -0.1) is 0 Å². The minimum absolute atomic E-state index is 0.120. The number of benzene rings is 2. The second-order valence-corrected chi connectivity index (χ2v) is 9.74. The van der Waals surface area contributed by atoms with Crippen molar-refractivity contribution in [1.82, 2.24) is 15.2 Å². The number of hydrogen-bond donors (Lipinski definition) is 3. The summed E-state index contributed by atoms with van der Waals surface area (Å²) in [7, 11) is 0. The van der Waals surface area contributed by atoms with Gasteiger partial charge in [0.25, 0.3) is 17.4 Å². The highest BCUT2D eigenvalue weighted by Gasteiger charge is 2.29. The number of pyridine rings is 1. The molecular formula is C27H25ClF5N5O3. The average molecular weight is 598 g/mol. The maximum Gasteiger partial charge on any atom is 0.390 e. The number of aromatic amines is 1. The lowest BCUT2D eigenvalue weighted by Gasteiger charge is -2.37. The third kappa shape index (κ3) is 7.61. The van der Waals surface area contributed by atoms with E-state index in [-0.39, 0.29) is 23.4 Å². The topological polar surface area (TPSA) is 97.5 Å². The molecule has 3 aromatic rings. The van der Waals surface area contributed by atoms with Crippen LogP contribution < -0.4 is 21.1 Å².